The van der Waals surface area contributed by atoms with Crippen molar-refractivity contribution in [3.05, 3.63) is 89.0 Å². The molecule has 1 N–H and O–H groups in total. The first kappa shape index (κ1) is 17.4. The molecule has 0 radical (unpaired) electrons. The summed E-state index contributed by atoms with van der Waals surface area (Å²) in [6.45, 7) is 0. The van der Waals surface area contributed by atoms with Crippen LogP contribution in [0.1, 0.15) is 0 Å². The topological polar surface area (TPSA) is 98.5 Å². The van der Waals surface area contributed by atoms with Crippen molar-refractivity contribution in [2.24, 2.45) is 0 Å². The molecule has 0 amide bonds. The lowest BCUT2D eigenvalue weighted by Crippen LogP contribution is -2.13. The van der Waals surface area contributed by atoms with Gasteiger partial charge in [0.25, 0.3) is 15.7 Å². The fourth-order valence-electron chi connectivity index (χ4n) is 2.23. The standard InChI is InChI=1S/C18H14N2O5S/c21-20(22)15-7-5-11-18(13-15)26(23,24)19-14-6-4-10-17(12-14)25-16-8-2-1-3-9-16/h1-13,19H. The summed E-state index contributed by atoms with van der Waals surface area (Å²) in [6, 6.07) is 20.3. The molecule has 0 heterocycles. The molecule has 3 rings (SSSR count). The molecule has 0 bridgehead atoms. The third-order valence-corrected chi connectivity index (χ3v) is 4.78. The number of nitro benzene ring substituents is 1. The minimum absolute atomic E-state index is 0.193. The molecule has 26 heavy (non-hydrogen) atoms. The van der Waals surface area contributed by atoms with Gasteiger partial charge in [0.15, 0.2) is 0 Å². The number of hydrogen-bond acceptors (Lipinski definition) is 5. The largest absolute Gasteiger partial charge is 0.457 e. The predicted molar refractivity (Wildman–Crippen MR) is 96.9 cm³/mol. The Morgan fingerprint density at radius 3 is 2.27 bits per heavy atom. The lowest BCUT2D eigenvalue weighted by atomic mass is 10.3. The van der Waals surface area contributed by atoms with Crippen LogP contribution in [0.15, 0.2) is 83.8 Å². The van der Waals surface area contributed by atoms with Gasteiger partial charge in [-0.1, -0.05) is 30.3 Å². The fraction of sp³-hybridized carbons (Fsp3) is 0. The number of anilines is 1. The molecule has 132 valence electrons. The SMILES string of the molecule is O=[N+]([O-])c1cccc(S(=O)(=O)Nc2cccc(Oc3ccccc3)c2)c1. The smallest absolute Gasteiger partial charge is 0.270 e. The molecule has 0 aliphatic rings. The van der Waals surface area contributed by atoms with Gasteiger partial charge in [-0.05, 0) is 30.3 Å². The number of nitrogens with zero attached hydrogens (tertiary/aromatic N) is 1. The van der Waals surface area contributed by atoms with E-state index in [1.54, 1.807) is 30.3 Å². The zero-order valence-corrected chi connectivity index (χ0v) is 14.2. The predicted octanol–water partition coefficient (Wildman–Crippen LogP) is 4.19. The highest BCUT2D eigenvalue weighted by Gasteiger charge is 2.18. The molecule has 7 nitrogen and oxygen atoms in total. The summed E-state index contributed by atoms with van der Waals surface area (Å²) >= 11 is 0. The molecule has 3 aromatic carbocycles. The van der Waals surface area contributed by atoms with Crippen LogP contribution in [0.5, 0.6) is 11.5 Å². The van der Waals surface area contributed by atoms with Crippen molar-refractivity contribution in [1.29, 1.82) is 0 Å². The van der Waals surface area contributed by atoms with Gasteiger partial charge in [0.2, 0.25) is 0 Å². The second kappa shape index (κ2) is 7.24. The van der Waals surface area contributed by atoms with Crippen LogP contribution in [0, 0.1) is 10.1 Å². The first-order valence-electron chi connectivity index (χ1n) is 7.54. The Bertz CT molecular complexity index is 1040. The van der Waals surface area contributed by atoms with Gasteiger partial charge in [0.1, 0.15) is 11.5 Å². The molecule has 8 heteroatoms. The van der Waals surface area contributed by atoms with Gasteiger partial charge >= 0.3 is 0 Å². The van der Waals surface area contributed by atoms with E-state index >= 15 is 0 Å². The maximum Gasteiger partial charge on any atom is 0.270 e. The van der Waals surface area contributed by atoms with Crippen LogP contribution in [0.3, 0.4) is 0 Å². The second-order valence-corrected chi connectivity index (χ2v) is 6.99. The van der Waals surface area contributed by atoms with Gasteiger partial charge in [-0.25, -0.2) is 8.42 Å². The first-order valence-corrected chi connectivity index (χ1v) is 9.03. The lowest BCUT2D eigenvalue weighted by Gasteiger charge is -2.10. The number of ether oxygens (including phenoxy) is 1. The molecule has 0 aromatic heterocycles. The van der Waals surface area contributed by atoms with E-state index in [1.165, 1.54) is 24.3 Å². The zero-order chi connectivity index (χ0) is 18.6. The van der Waals surface area contributed by atoms with E-state index in [-0.39, 0.29) is 16.3 Å². The van der Waals surface area contributed by atoms with Gasteiger partial charge in [0, 0.05) is 18.2 Å². The summed E-state index contributed by atoms with van der Waals surface area (Å²) in [5.41, 5.74) is -0.0148. The molecule has 3 aromatic rings. The van der Waals surface area contributed by atoms with Crippen molar-refractivity contribution < 1.29 is 18.1 Å². The minimum atomic E-state index is -3.97. The number of nitrogens with one attached hydrogen (secondary N) is 1. The van der Waals surface area contributed by atoms with Crippen molar-refractivity contribution in [3.63, 3.8) is 0 Å². The molecule has 0 aliphatic heterocycles. The van der Waals surface area contributed by atoms with Crippen LogP contribution in [-0.4, -0.2) is 13.3 Å². The number of non-ortho nitro benzene ring substituents is 1. The van der Waals surface area contributed by atoms with Crippen molar-refractivity contribution in [1.82, 2.24) is 0 Å². The third-order valence-electron chi connectivity index (χ3n) is 3.40. The normalized spacial score (nSPS) is 10.9. The van der Waals surface area contributed by atoms with Crippen LogP contribution < -0.4 is 9.46 Å². The van der Waals surface area contributed by atoms with E-state index in [9.17, 15) is 18.5 Å². The number of sulfonamides is 1. The fourth-order valence-corrected chi connectivity index (χ4v) is 3.31. The molecular weight excluding hydrogens is 356 g/mol. The molecule has 0 saturated heterocycles. The van der Waals surface area contributed by atoms with Crippen LogP contribution >= 0.6 is 0 Å². The maximum atomic E-state index is 12.5. The minimum Gasteiger partial charge on any atom is -0.457 e. The summed E-state index contributed by atoms with van der Waals surface area (Å²) in [7, 11) is -3.97. The Hall–Kier alpha value is -3.39. The number of rotatable bonds is 6. The summed E-state index contributed by atoms with van der Waals surface area (Å²) < 4.78 is 33.0. The highest BCUT2D eigenvalue weighted by atomic mass is 32.2. The van der Waals surface area contributed by atoms with E-state index in [2.05, 4.69) is 4.72 Å². The monoisotopic (exact) mass is 370 g/mol. The van der Waals surface area contributed by atoms with Crippen molar-refractivity contribution in [2.45, 2.75) is 4.90 Å². The average molecular weight is 370 g/mol. The Kier molecular flexibility index (Phi) is 4.85. The summed E-state index contributed by atoms with van der Waals surface area (Å²) in [6.07, 6.45) is 0. The van der Waals surface area contributed by atoms with Crippen molar-refractivity contribution in [2.75, 3.05) is 4.72 Å². The van der Waals surface area contributed by atoms with Crippen LogP contribution in [0.4, 0.5) is 11.4 Å². The van der Waals surface area contributed by atoms with Gasteiger partial charge in [-0.15, -0.1) is 0 Å². The number of nitro groups is 1. The van der Waals surface area contributed by atoms with Crippen LogP contribution in [-0.2, 0) is 10.0 Å². The number of hydrogen-bond donors (Lipinski definition) is 1. The Labute approximate surface area is 150 Å². The molecular formula is C18H14N2O5S. The van der Waals surface area contributed by atoms with Crippen molar-refractivity contribution >= 4 is 21.4 Å². The van der Waals surface area contributed by atoms with E-state index in [1.807, 2.05) is 18.2 Å². The van der Waals surface area contributed by atoms with E-state index in [0.717, 1.165) is 6.07 Å². The maximum absolute atomic E-state index is 12.5. The van der Waals surface area contributed by atoms with Crippen LogP contribution in [0.2, 0.25) is 0 Å². The van der Waals surface area contributed by atoms with Crippen molar-refractivity contribution in [3.8, 4) is 11.5 Å². The summed E-state index contributed by atoms with van der Waals surface area (Å²) in [5.74, 6) is 1.07. The first-order chi connectivity index (χ1) is 12.4. The van der Waals surface area contributed by atoms with Gasteiger partial charge in [0.05, 0.1) is 15.5 Å². The quantitative estimate of drug-likeness (QED) is 0.518. The van der Waals surface area contributed by atoms with E-state index < -0.39 is 14.9 Å². The van der Waals surface area contributed by atoms with Gasteiger partial charge in [-0.2, -0.15) is 0 Å². The Morgan fingerprint density at radius 1 is 0.846 bits per heavy atom. The molecule has 0 atom stereocenters. The highest BCUT2D eigenvalue weighted by molar-refractivity contribution is 7.92. The number of para-hydroxylation sites is 1. The van der Waals surface area contributed by atoms with E-state index in [4.69, 9.17) is 4.74 Å². The average Bonchev–Trinajstić information content (AvgIpc) is 2.62. The second-order valence-electron chi connectivity index (χ2n) is 5.30. The van der Waals surface area contributed by atoms with Crippen LogP contribution in [0.25, 0.3) is 0 Å². The molecule has 0 spiro atoms. The molecule has 0 fully saturated rings. The van der Waals surface area contributed by atoms with E-state index in [0.29, 0.717) is 11.5 Å². The Balaban J connectivity index is 1.83. The number of benzene rings is 3. The van der Waals surface area contributed by atoms with Gasteiger partial charge in [-0.3, -0.25) is 14.8 Å². The molecule has 0 saturated carbocycles. The van der Waals surface area contributed by atoms with Gasteiger partial charge < -0.3 is 4.74 Å². The molecule has 0 aliphatic carbocycles. The third kappa shape index (κ3) is 4.17. The molecule has 0 unspecified atom stereocenters. The summed E-state index contributed by atoms with van der Waals surface area (Å²) in [4.78, 5) is 9.99. The lowest BCUT2D eigenvalue weighted by molar-refractivity contribution is -0.385. The zero-order valence-electron chi connectivity index (χ0n) is 13.4. The highest BCUT2D eigenvalue weighted by Crippen LogP contribution is 2.26. The Morgan fingerprint density at radius 2 is 1.54 bits per heavy atom. The summed E-state index contributed by atoms with van der Waals surface area (Å²) in [5, 5.41) is 10.8.